The topological polar surface area (TPSA) is 20.2 Å². The number of hydrogen-bond acceptors (Lipinski definition) is 2. The number of aliphatic hydroxyl groups is 1. The summed E-state index contributed by atoms with van der Waals surface area (Å²) < 4.78 is 0. The van der Waals surface area contributed by atoms with Gasteiger partial charge in [0.1, 0.15) is 0 Å². The normalized spacial score (nSPS) is 13.6. The predicted molar refractivity (Wildman–Crippen MR) is 39.3 cm³/mol. The molecule has 1 heterocycles. The van der Waals surface area contributed by atoms with Crippen molar-refractivity contribution in [2.75, 3.05) is 0 Å². The molecular formula is C7H9OS. The van der Waals surface area contributed by atoms with E-state index in [1.54, 1.807) is 17.8 Å². The fourth-order valence-corrected chi connectivity index (χ4v) is 1.37. The molecule has 0 bridgehead atoms. The summed E-state index contributed by atoms with van der Waals surface area (Å²) in [5, 5.41) is 11.1. The van der Waals surface area contributed by atoms with Crippen molar-refractivity contribution >= 4 is 11.3 Å². The standard InChI is InChI=1S/C7H9OS/c1-2-6(8)7-4-3-5-9-7/h2-6,8H,1H3. The van der Waals surface area contributed by atoms with Gasteiger partial charge in [0.05, 0.1) is 6.10 Å². The van der Waals surface area contributed by atoms with Gasteiger partial charge in [-0.3, -0.25) is 0 Å². The van der Waals surface area contributed by atoms with Gasteiger partial charge >= 0.3 is 0 Å². The maximum atomic E-state index is 9.17. The van der Waals surface area contributed by atoms with Crippen LogP contribution in [0.5, 0.6) is 0 Å². The molecule has 0 aliphatic rings. The SMILES string of the molecule is C[CH]C(O)c1cccs1. The Morgan fingerprint density at radius 2 is 2.56 bits per heavy atom. The minimum absolute atomic E-state index is 0.370. The Morgan fingerprint density at radius 3 is 3.00 bits per heavy atom. The zero-order valence-electron chi connectivity index (χ0n) is 5.24. The molecule has 2 heteroatoms. The van der Waals surface area contributed by atoms with Crippen LogP contribution in [0.3, 0.4) is 0 Å². The molecule has 0 aliphatic heterocycles. The van der Waals surface area contributed by atoms with E-state index in [4.69, 9.17) is 0 Å². The van der Waals surface area contributed by atoms with Crippen molar-refractivity contribution in [3.05, 3.63) is 28.8 Å². The Bertz CT molecular complexity index is 157. The molecule has 1 nitrogen and oxygen atoms in total. The van der Waals surface area contributed by atoms with E-state index >= 15 is 0 Å². The van der Waals surface area contributed by atoms with Gasteiger partial charge in [-0.2, -0.15) is 0 Å². The van der Waals surface area contributed by atoms with Crippen LogP contribution in [-0.2, 0) is 0 Å². The molecule has 0 fully saturated rings. The Balaban J connectivity index is 2.65. The third-order valence-corrected chi connectivity index (χ3v) is 2.09. The Morgan fingerprint density at radius 1 is 1.78 bits per heavy atom. The molecule has 1 radical (unpaired) electrons. The van der Waals surface area contributed by atoms with Crippen molar-refractivity contribution in [1.29, 1.82) is 0 Å². The van der Waals surface area contributed by atoms with Gasteiger partial charge in [-0.25, -0.2) is 0 Å². The van der Waals surface area contributed by atoms with E-state index in [1.807, 2.05) is 24.4 Å². The highest BCUT2D eigenvalue weighted by Gasteiger charge is 2.03. The molecule has 0 saturated heterocycles. The highest BCUT2D eigenvalue weighted by molar-refractivity contribution is 7.10. The molecule has 1 rings (SSSR count). The molecule has 9 heavy (non-hydrogen) atoms. The minimum atomic E-state index is -0.370. The van der Waals surface area contributed by atoms with Crippen LogP contribution in [0.15, 0.2) is 17.5 Å². The second kappa shape index (κ2) is 2.99. The summed E-state index contributed by atoms with van der Waals surface area (Å²) in [6, 6.07) is 3.86. The van der Waals surface area contributed by atoms with Gasteiger partial charge < -0.3 is 5.11 Å². The van der Waals surface area contributed by atoms with Gasteiger partial charge in [-0.15, -0.1) is 11.3 Å². The summed E-state index contributed by atoms with van der Waals surface area (Å²) in [7, 11) is 0. The maximum Gasteiger partial charge on any atom is 0.0910 e. The van der Waals surface area contributed by atoms with Crippen molar-refractivity contribution in [2.24, 2.45) is 0 Å². The first-order chi connectivity index (χ1) is 4.34. The first kappa shape index (κ1) is 6.78. The Kier molecular flexibility index (Phi) is 2.25. The van der Waals surface area contributed by atoms with Gasteiger partial charge in [0.25, 0.3) is 0 Å². The lowest BCUT2D eigenvalue weighted by molar-refractivity contribution is 0.216. The summed E-state index contributed by atoms with van der Waals surface area (Å²) in [5.41, 5.74) is 0. The number of hydrogen-bond donors (Lipinski definition) is 1. The van der Waals surface area contributed by atoms with Gasteiger partial charge in [0.15, 0.2) is 0 Å². The van der Waals surface area contributed by atoms with Crippen LogP contribution < -0.4 is 0 Å². The highest BCUT2D eigenvalue weighted by Crippen LogP contribution is 2.19. The second-order valence-corrected chi connectivity index (χ2v) is 2.77. The van der Waals surface area contributed by atoms with Crippen LogP contribution in [0.1, 0.15) is 17.9 Å². The van der Waals surface area contributed by atoms with Gasteiger partial charge in [-0.1, -0.05) is 13.0 Å². The van der Waals surface area contributed by atoms with Crippen LogP contribution in [0, 0.1) is 6.42 Å². The lowest BCUT2D eigenvalue weighted by atomic mass is 10.2. The van der Waals surface area contributed by atoms with E-state index in [1.165, 1.54) is 0 Å². The summed E-state index contributed by atoms with van der Waals surface area (Å²) >= 11 is 1.57. The molecule has 0 saturated carbocycles. The van der Waals surface area contributed by atoms with Gasteiger partial charge in [-0.05, 0) is 17.9 Å². The average Bonchev–Trinajstić information content (AvgIpc) is 2.37. The third-order valence-electron chi connectivity index (χ3n) is 1.15. The molecule has 0 spiro atoms. The molecule has 0 aliphatic carbocycles. The fourth-order valence-electron chi connectivity index (χ4n) is 0.624. The lowest BCUT2D eigenvalue weighted by Crippen LogP contribution is -1.90. The molecule has 1 aromatic heterocycles. The molecule has 0 amide bonds. The van der Waals surface area contributed by atoms with E-state index in [0.717, 1.165) is 4.88 Å². The zero-order chi connectivity index (χ0) is 6.69. The maximum absolute atomic E-state index is 9.17. The van der Waals surface area contributed by atoms with Crippen molar-refractivity contribution < 1.29 is 5.11 Å². The Hall–Kier alpha value is -0.340. The second-order valence-electron chi connectivity index (χ2n) is 1.79. The Labute approximate surface area is 59.0 Å². The molecule has 1 atom stereocenters. The van der Waals surface area contributed by atoms with Crippen molar-refractivity contribution in [3.63, 3.8) is 0 Å². The first-order valence-corrected chi connectivity index (χ1v) is 3.73. The largest absolute Gasteiger partial charge is 0.387 e. The molecule has 0 aromatic carbocycles. The highest BCUT2D eigenvalue weighted by atomic mass is 32.1. The first-order valence-electron chi connectivity index (χ1n) is 2.85. The molecular weight excluding hydrogens is 132 g/mol. The van der Waals surface area contributed by atoms with Crippen molar-refractivity contribution in [2.45, 2.75) is 13.0 Å². The van der Waals surface area contributed by atoms with Gasteiger partial charge in [0, 0.05) is 4.88 Å². The van der Waals surface area contributed by atoms with Gasteiger partial charge in [0.2, 0.25) is 0 Å². The molecule has 1 N–H and O–H groups in total. The predicted octanol–water partition coefficient (Wildman–Crippen LogP) is 2.01. The van der Waals surface area contributed by atoms with E-state index < -0.39 is 0 Å². The van der Waals surface area contributed by atoms with Crippen LogP contribution in [-0.4, -0.2) is 5.11 Å². The monoisotopic (exact) mass is 141 g/mol. The number of rotatable bonds is 2. The molecule has 1 unspecified atom stereocenters. The zero-order valence-corrected chi connectivity index (χ0v) is 6.06. The van der Waals surface area contributed by atoms with E-state index in [0.29, 0.717) is 0 Å². The summed E-state index contributed by atoms with van der Waals surface area (Å²) in [5.74, 6) is 0. The third kappa shape index (κ3) is 1.53. The van der Waals surface area contributed by atoms with Crippen LogP contribution in [0.2, 0.25) is 0 Å². The molecule has 49 valence electrons. The molecule has 1 aromatic rings. The fraction of sp³-hybridized carbons (Fsp3) is 0.286. The average molecular weight is 141 g/mol. The van der Waals surface area contributed by atoms with E-state index in [9.17, 15) is 5.11 Å². The van der Waals surface area contributed by atoms with E-state index in [2.05, 4.69) is 0 Å². The lowest BCUT2D eigenvalue weighted by Gasteiger charge is -2.00. The van der Waals surface area contributed by atoms with Crippen LogP contribution in [0.4, 0.5) is 0 Å². The van der Waals surface area contributed by atoms with Crippen LogP contribution >= 0.6 is 11.3 Å². The summed E-state index contributed by atoms with van der Waals surface area (Å²) in [6.07, 6.45) is 1.40. The minimum Gasteiger partial charge on any atom is -0.387 e. The van der Waals surface area contributed by atoms with Crippen molar-refractivity contribution in [1.82, 2.24) is 0 Å². The van der Waals surface area contributed by atoms with Crippen molar-refractivity contribution in [3.8, 4) is 0 Å². The number of aliphatic hydroxyl groups excluding tert-OH is 1. The number of thiophene rings is 1. The smallest absolute Gasteiger partial charge is 0.0910 e. The van der Waals surface area contributed by atoms with Crippen LogP contribution in [0.25, 0.3) is 0 Å². The quantitative estimate of drug-likeness (QED) is 0.668. The summed E-state index contributed by atoms with van der Waals surface area (Å²) in [4.78, 5) is 1.01. The van der Waals surface area contributed by atoms with E-state index in [-0.39, 0.29) is 6.10 Å². The summed E-state index contributed by atoms with van der Waals surface area (Å²) in [6.45, 7) is 1.85.